The zero-order valence-corrected chi connectivity index (χ0v) is 18.6. The summed E-state index contributed by atoms with van der Waals surface area (Å²) in [5, 5.41) is 10.3. The number of nitrogens with one attached hydrogen (secondary N) is 2. The maximum atomic E-state index is 13.4. The smallest absolute Gasteiger partial charge is 0.321 e. The van der Waals surface area contributed by atoms with Gasteiger partial charge in [0.15, 0.2) is 0 Å². The van der Waals surface area contributed by atoms with Gasteiger partial charge in [0.05, 0.1) is 22.8 Å². The van der Waals surface area contributed by atoms with Crippen LogP contribution in [-0.4, -0.2) is 39.1 Å². The Bertz CT molecular complexity index is 1270. The van der Waals surface area contributed by atoms with E-state index in [0.29, 0.717) is 17.8 Å². The minimum atomic E-state index is -1.09. The number of aromatic nitrogens is 2. The van der Waals surface area contributed by atoms with Gasteiger partial charge in [-0.2, -0.15) is 5.10 Å². The third kappa shape index (κ3) is 3.38. The average molecular weight is 444 g/mol. The first-order valence-electron chi connectivity index (χ1n) is 11.0. The van der Waals surface area contributed by atoms with Crippen LogP contribution in [0.5, 0.6) is 0 Å². The summed E-state index contributed by atoms with van der Waals surface area (Å²) in [6.45, 7) is 3.32. The molecule has 0 radical (unpaired) electrons. The van der Waals surface area contributed by atoms with Gasteiger partial charge in [-0.15, -0.1) is 0 Å². The number of anilines is 1. The second-order valence-electron chi connectivity index (χ2n) is 8.58. The standard InChI is InChI=1S/C25H25N5O3/c1-16-22(17(2)30(28-16)19-11-4-3-5-12-19)26-21(31)15-29-23(32)25(27-24(29)33)14-8-10-18-9-6-7-13-20(18)25/h3-7,9,11-13H,8,10,14-15H2,1-2H3,(H,26,31)(H,27,33)/t25-/m1/s1. The van der Waals surface area contributed by atoms with Gasteiger partial charge in [-0.1, -0.05) is 42.5 Å². The van der Waals surface area contributed by atoms with E-state index in [0.717, 1.165) is 40.2 Å². The van der Waals surface area contributed by atoms with Gasteiger partial charge < -0.3 is 10.6 Å². The lowest BCUT2D eigenvalue weighted by atomic mass is 9.76. The largest absolute Gasteiger partial charge is 0.325 e. The molecule has 0 saturated carbocycles. The molecule has 3 aromatic rings. The van der Waals surface area contributed by atoms with Crippen molar-refractivity contribution in [1.29, 1.82) is 0 Å². The van der Waals surface area contributed by atoms with Gasteiger partial charge in [-0.25, -0.2) is 9.48 Å². The second kappa shape index (κ2) is 7.88. The Morgan fingerprint density at radius 3 is 2.61 bits per heavy atom. The summed E-state index contributed by atoms with van der Waals surface area (Å²) in [6, 6.07) is 16.8. The van der Waals surface area contributed by atoms with E-state index in [1.54, 1.807) is 4.68 Å². The number of benzene rings is 2. The molecule has 1 saturated heterocycles. The topological polar surface area (TPSA) is 96.3 Å². The van der Waals surface area contributed by atoms with Crippen molar-refractivity contribution in [1.82, 2.24) is 20.0 Å². The SMILES string of the molecule is Cc1nn(-c2ccccc2)c(C)c1NC(=O)CN1C(=O)N[C@@]2(CCCc3ccccc32)C1=O. The summed E-state index contributed by atoms with van der Waals surface area (Å²) in [5.41, 5.74) is 3.67. The van der Waals surface area contributed by atoms with Gasteiger partial charge in [0.1, 0.15) is 12.1 Å². The molecule has 0 bridgehead atoms. The quantitative estimate of drug-likeness (QED) is 0.605. The van der Waals surface area contributed by atoms with Crippen LogP contribution >= 0.6 is 0 Å². The van der Waals surface area contributed by atoms with E-state index in [9.17, 15) is 14.4 Å². The number of nitrogens with zero attached hydrogens (tertiary/aromatic N) is 3. The Balaban J connectivity index is 1.36. The van der Waals surface area contributed by atoms with Crippen LogP contribution in [0.3, 0.4) is 0 Å². The van der Waals surface area contributed by atoms with Crippen LogP contribution in [0.25, 0.3) is 5.69 Å². The molecule has 168 valence electrons. The number of hydrogen-bond donors (Lipinski definition) is 2. The summed E-state index contributed by atoms with van der Waals surface area (Å²) >= 11 is 0. The Labute approximate surface area is 191 Å². The molecule has 1 spiro atoms. The summed E-state index contributed by atoms with van der Waals surface area (Å²) in [4.78, 5) is 40.1. The van der Waals surface area contributed by atoms with E-state index in [-0.39, 0.29) is 12.5 Å². The van der Waals surface area contributed by atoms with Crippen molar-refractivity contribution in [2.24, 2.45) is 0 Å². The Kier molecular flexibility index (Phi) is 5.00. The van der Waals surface area contributed by atoms with Crippen molar-refractivity contribution in [2.45, 2.75) is 38.6 Å². The van der Waals surface area contributed by atoms with E-state index in [1.807, 2.05) is 68.4 Å². The highest BCUT2D eigenvalue weighted by atomic mass is 16.2. The summed E-state index contributed by atoms with van der Waals surface area (Å²) in [6.07, 6.45) is 2.18. The van der Waals surface area contributed by atoms with Crippen molar-refractivity contribution < 1.29 is 14.4 Å². The zero-order chi connectivity index (χ0) is 23.2. The number of para-hydroxylation sites is 1. The molecule has 2 N–H and O–H groups in total. The highest BCUT2D eigenvalue weighted by molar-refractivity contribution is 6.10. The molecule has 1 fully saturated rings. The number of aryl methyl sites for hydroxylation is 2. The molecule has 2 aromatic carbocycles. The maximum Gasteiger partial charge on any atom is 0.325 e. The minimum absolute atomic E-state index is 0.357. The van der Waals surface area contributed by atoms with Gasteiger partial charge in [0, 0.05) is 0 Å². The minimum Gasteiger partial charge on any atom is -0.321 e. The number of imide groups is 1. The number of fused-ring (bicyclic) bond motifs is 2. The van der Waals surface area contributed by atoms with E-state index in [1.165, 1.54) is 0 Å². The van der Waals surface area contributed by atoms with E-state index in [4.69, 9.17) is 0 Å². The lowest BCUT2D eigenvalue weighted by molar-refractivity contribution is -0.134. The highest BCUT2D eigenvalue weighted by Crippen LogP contribution is 2.39. The molecular weight excluding hydrogens is 418 g/mol. The first kappa shape index (κ1) is 20.9. The van der Waals surface area contributed by atoms with E-state index in [2.05, 4.69) is 15.7 Å². The molecule has 8 nitrogen and oxygen atoms in total. The number of urea groups is 1. The van der Waals surface area contributed by atoms with Crippen molar-refractivity contribution >= 4 is 23.5 Å². The van der Waals surface area contributed by atoms with Crippen LogP contribution in [0.2, 0.25) is 0 Å². The lowest BCUT2D eigenvalue weighted by Crippen LogP contribution is -2.47. The fraction of sp³-hybridized carbons (Fsp3) is 0.280. The molecule has 2 aliphatic rings. The molecule has 2 heterocycles. The number of carbonyl (C=O) groups is 3. The van der Waals surface area contributed by atoms with Crippen LogP contribution in [0.1, 0.15) is 35.4 Å². The first-order valence-corrected chi connectivity index (χ1v) is 11.0. The van der Waals surface area contributed by atoms with Gasteiger partial charge in [0.2, 0.25) is 5.91 Å². The molecule has 33 heavy (non-hydrogen) atoms. The van der Waals surface area contributed by atoms with Gasteiger partial charge >= 0.3 is 6.03 Å². The maximum absolute atomic E-state index is 13.4. The fourth-order valence-electron chi connectivity index (χ4n) is 4.92. The van der Waals surface area contributed by atoms with Crippen molar-refractivity contribution in [2.75, 3.05) is 11.9 Å². The molecule has 0 unspecified atom stereocenters. The van der Waals surface area contributed by atoms with Crippen LogP contribution in [0, 0.1) is 13.8 Å². The molecule has 1 aliphatic heterocycles. The van der Waals surface area contributed by atoms with Gasteiger partial charge in [-0.05, 0) is 56.4 Å². The zero-order valence-electron chi connectivity index (χ0n) is 18.6. The monoisotopic (exact) mass is 443 g/mol. The highest BCUT2D eigenvalue weighted by Gasteiger charge is 2.54. The number of amides is 4. The van der Waals surface area contributed by atoms with Crippen molar-refractivity contribution in [3.63, 3.8) is 0 Å². The van der Waals surface area contributed by atoms with Gasteiger partial charge in [0.25, 0.3) is 5.91 Å². The Morgan fingerprint density at radius 2 is 1.82 bits per heavy atom. The third-order valence-corrected chi connectivity index (χ3v) is 6.51. The predicted molar refractivity (Wildman–Crippen MR) is 123 cm³/mol. The summed E-state index contributed by atoms with van der Waals surface area (Å²) in [7, 11) is 0. The van der Waals surface area contributed by atoms with Crippen LogP contribution in [0.15, 0.2) is 54.6 Å². The van der Waals surface area contributed by atoms with Crippen molar-refractivity contribution in [3.05, 3.63) is 77.1 Å². The molecule has 8 heteroatoms. The van der Waals surface area contributed by atoms with Crippen LogP contribution in [-0.2, 0) is 21.5 Å². The number of hydrogen-bond acceptors (Lipinski definition) is 4. The van der Waals surface area contributed by atoms with Crippen molar-refractivity contribution in [3.8, 4) is 5.69 Å². The lowest BCUT2D eigenvalue weighted by Gasteiger charge is -2.33. The van der Waals surface area contributed by atoms with Gasteiger partial charge in [-0.3, -0.25) is 14.5 Å². The molecule has 1 atom stereocenters. The second-order valence-corrected chi connectivity index (χ2v) is 8.58. The summed E-state index contributed by atoms with van der Waals surface area (Å²) in [5.74, 6) is -0.818. The predicted octanol–water partition coefficient (Wildman–Crippen LogP) is 3.21. The molecule has 1 aliphatic carbocycles. The number of rotatable bonds is 4. The van der Waals surface area contributed by atoms with E-state index < -0.39 is 17.5 Å². The molecule has 4 amide bonds. The first-order chi connectivity index (χ1) is 15.9. The number of carbonyl (C=O) groups excluding carboxylic acids is 3. The summed E-state index contributed by atoms with van der Waals surface area (Å²) < 4.78 is 1.76. The Hall–Kier alpha value is -3.94. The average Bonchev–Trinajstić information content (AvgIpc) is 3.23. The van der Waals surface area contributed by atoms with Crippen LogP contribution in [0.4, 0.5) is 10.5 Å². The molecule has 1 aromatic heterocycles. The van der Waals surface area contributed by atoms with E-state index >= 15 is 0 Å². The molecule has 5 rings (SSSR count). The fourth-order valence-corrected chi connectivity index (χ4v) is 4.92. The molecular formula is C25H25N5O3. The normalized spacial score (nSPS) is 19.5. The third-order valence-electron chi connectivity index (χ3n) is 6.51. The van der Waals surface area contributed by atoms with Crippen LogP contribution < -0.4 is 10.6 Å². The Morgan fingerprint density at radius 1 is 1.09 bits per heavy atom.